The number of likely N-dealkylation sites (tertiary alicyclic amines) is 1. The second kappa shape index (κ2) is 6.52. The molecule has 0 saturated carbocycles. The van der Waals surface area contributed by atoms with Crippen molar-refractivity contribution in [1.82, 2.24) is 4.90 Å². The van der Waals surface area contributed by atoms with Gasteiger partial charge in [-0.05, 0) is 39.3 Å². The summed E-state index contributed by atoms with van der Waals surface area (Å²) in [5.74, 6) is 0. The Morgan fingerprint density at radius 3 is 2.07 bits per heavy atom. The lowest BCUT2D eigenvalue weighted by Crippen LogP contribution is -2.49. The molecule has 1 nitrogen and oxygen atoms in total. The molecule has 1 heteroatoms. The van der Waals surface area contributed by atoms with Crippen LogP contribution in [0.15, 0.2) is 0 Å². The van der Waals surface area contributed by atoms with Crippen molar-refractivity contribution in [2.75, 3.05) is 13.6 Å². The maximum Gasteiger partial charge on any atom is 0.0206 e. The Labute approximate surface area is 96.2 Å². The molecular weight excluding hydrogens is 182 g/mol. The standard InChI is InChI=1S/C14H29N/c1-4-6-10-14(11-7-5-2)12-8-9-13-15(14)3/h4-13H2,1-3H3. The fraction of sp³-hybridized carbons (Fsp3) is 1.00. The summed E-state index contributed by atoms with van der Waals surface area (Å²) in [6, 6.07) is 0. The summed E-state index contributed by atoms with van der Waals surface area (Å²) < 4.78 is 0. The van der Waals surface area contributed by atoms with Gasteiger partial charge in [-0.1, -0.05) is 46.0 Å². The van der Waals surface area contributed by atoms with Crippen molar-refractivity contribution in [2.24, 2.45) is 0 Å². The lowest BCUT2D eigenvalue weighted by Gasteiger charge is -2.46. The van der Waals surface area contributed by atoms with Crippen LogP contribution in [0.5, 0.6) is 0 Å². The van der Waals surface area contributed by atoms with Crippen molar-refractivity contribution in [3.8, 4) is 0 Å². The van der Waals surface area contributed by atoms with E-state index in [0.29, 0.717) is 5.54 Å². The molecule has 1 saturated heterocycles. The first kappa shape index (κ1) is 13.0. The summed E-state index contributed by atoms with van der Waals surface area (Å²) in [7, 11) is 2.35. The average Bonchev–Trinajstić information content (AvgIpc) is 2.27. The van der Waals surface area contributed by atoms with Gasteiger partial charge in [-0.3, -0.25) is 0 Å². The average molecular weight is 211 g/mol. The van der Waals surface area contributed by atoms with Gasteiger partial charge >= 0.3 is 0 Å². The van der Waals surface area contributed by atoms with Crippen LogP contribution in [-0.4, -0.2) is 24.0 Å². The lowest BCUT2D eigenvalue weighted by molar-refractivity contribution is 0.0518. The van der Waals surface area contributed by atoms with Crippen molar-refractivity contribution < 1.29 is 0 Å². The quantitative estimate of drug-likeness (QED) is 0.636. The molecule has 0 aromatic rings. The topological polar surface area (TPSA) is 3.24 Å². The second-order valence-corrected chi connectivity index (χ2v) is 5.31. The Balaban J connectivity index is 2.55. The van der Waals surface area contributed by atoms with Gasteiger partial charge in [-0.25, -0.2) is 0 Å². The Bertz CT molecular complexity index is 157. The molecule has 0 unspecified atom stereocenters. The minimum Gasteiger partial charge on any atom is -0.301 e. The zero-order valence-corrected chi connectivity index (χ0v) is 11.0. The van der Waals surface area contributed by atoms with Crippen LogP contribution in [0, 0.1) is 0 Å². The zero-order valence-electron chi connectivity index (χ0n) is 11.0. The number of rotatable bonds is 6. The van der Waals surface area contributed by atoms with Crippen LogP contribution in [-0.2, 0) is 0 Å². The van der Waals surface area contributed by atoms with Crippen LogP contribution in [0.25, 0.3) is 0 Å². The fourth-order valence-corrected chi connectivity index (χ4v) is 3.00. The van der Waals surface area contributed by atoms with E-state index in [4.69, 9.17) is 0 Å². The highest BCUT2D eigenvalue weighted by atomic mass is 15.2. The molecule has 0 N–H and O–H groups in total. The van der Waals surface area contributed by atoms with Crippen LogP contribution >= 0.6 is 0 Å². The van der Waals surface area contributed by atoms with Gasteiger partial charge in [0.1, 0.15) is 0 Å². The number of unbranched alkanes of at least 4 members (excludes halogenated alkanes) is 2. The smallest absolute Gasteiger partial charge is 0.0206 e. The molecule has 0 amide bonds. The van der Waals surface area contributed by atoms with Crippen LogP contribution in [0.2, 0.25) is 0 Å². The maximum atomic E-state index is 2.67. The van der Waals surface area contributed by atoms with Gasteiger partial charge in [-0.15, -0.1) is 0 Å². The van der Waals surface area contributed by atoms with E-state index < -0.39 is 0 Å². The highest BCUT2D eigenvalue weighted by Crippen LogP contribution is 2.35. The molecule has 0 atom stereocenters. The van der Waals surface area contributed by atoms with Crippen LogP contribution < -0.4 is 0 Å². The summed E-state index contributed by atoms with van der Waals surface area (Å²) in [5, 5.41) is 0. The monoisotopic (exact) mass is 211 g/mol. The summed E-state index contributed by atoms with van der Waals surface area (Å²) in [6.07, 6.45) is 12.7. The van der Waals surface area contributed by atoms with E-state index in [2.05, 4.69) is 25.8 Å². The minimum absolute atomic E-state index is 0.574. The third-order valence-corrected chi connectivity index (χ3v) is 4.19. The first-order chi connectivity index (χ1) is 7.25. The van der Waals surface area contributed by atoms with E-state index in [1.165, 1.54) is 64.3 Å². The molecule has 1 fully saturated rings. The van der Waals surface area contributed by atoms with E-state index >= 15 is 0 Å². The SMILES string of the molecule is CCCCC1(CCCC)CCCCN1C. The van der Waals surface area contributed by atoms with Gasteiger partial charge in [0.15, 0.2) is 0 Å². The molecule has 0 radical (unpaired) electrons. The molecule has 1 rings (SSSR count). The van der Waals surface area contributed by atoms with Crippen molar-refractivity contribution in [3.05, 3.63) is 0 Å². The molecule has 0 aromatic carbocycles. The van der Waals surface area contributed by atoms with Crippen LogP contribution in [0.4, 0.5) is 0 Å². The van der Waals surface area contributed by atoms with Gasteiger partial charge in [0.05, 0.1) is 0 Å². The molecule has 1 heterocycles. The fourth-order valence-electron chi connectivity index (χ4n) is 3.00. The third kappa shape index (κ3) is 3.48. The summed E-state index contributed by atoms with van der Waals surface area (Å²) in [6.45, 7) is 5.96. The second-order valence-electron chi connectivity index (χ2n) is 5.31. The summed E-state index contributed by atoms with van der Waals surface area (Å²) >= 11 is 0. The predicted octanol–water partition coefficient (Wildman–Crippen LogP) is 4.22. The predicted molar refractivity (Wildman–Crippen MR) is 68.3 cm³/mol. The third-order valence-electron chi connectivity index (χ3n) is 4.19. The first-order valence-electron chi connectivity index (χ1n) is 6.96. The molecule has 0 aliphatic carbocycles. The highest BCUT2D eigenvalue weighted by molar-refractivity contribution is 4.91. The minimum atomic E-state index is 0.574. The van der Waals surface area contributed by atoms with E-state index in [-0.39, 0.29) is 0 Å². The largest absolute Gasteiger partial charge is 0.301 e. The highest BCUT2D eigenvalue weighted by Gasteiger charge is 2.34. The molecule has 1 aliphatic rings. The number of piperidine rings is 1. The molecule has 0 aromatic heterocycles. The van der Waals surface area contributed by atoms with Crippen molar-refractivity contribution in [1.29, 1.82) is 0 Å². The number of hydrogen-bond acceptors (Lipinski definition) is 1. The first-order valence-corrected chi connectivity index (χ1v) is 6.96. The van der Waals surface area contributed by atoms with Crippen LogP contribution in [0.1, 0.15) is 71.6 Å². The lowest BCUT2D eigenvalue weighted by atomic mass is 9.79. The summed E-state index contributed by atoms with van der Waals surface area (Å²) in [4.78, 5) is 2.67. The van der Waals surface area contributed by atoms with Gasteiger partial charge in [0.25, 0.3) is 0 Å². The Kier molecular flexibility index (Phi) is 5.66. The zero-order chi connectivity index (χ0) is 11.1. The van der Waals surface area contributed by atoms with Gasteiger partial charge in [-0.2, -0.15) is 0 Å². The van der Waals surface area contributed by atoms with Gasteiger partial charge in [0, 0.05) is 5.54 Å². The molecule has 0 spiro atoms. The van der Waals surface area contributed by atoms with Crippen molar-refractivity contribution >= 4 is 0 Å². The molecule has 1 aliphatic heterocycles. The Morgan fingerprint density at radius 2 is 1.60 bits per heavy atom. The van der Waals surface area contributed by atoms with Gasteiger partial charge in [0.2, 0.25) is 0 Å². The van der Waals surface area contributed by atoms with E-state index in [1.54, 1.807) is 0 Å². The van der Waals surface area contributed by atoms with Crippen molar-refractivity contribution in [2.45, 2.75) is 77.2 Å². The van der Waals surface area contributed by atoms with Crippen molar-refractivity contribution in [3.63, 3.8) is 0 Å². The normalized spacial score (nSPS) is 21.8. The van der Waals surface area contributed by atoms with E-state index in [0.717, 1.165) is 0 Å². The Morgan fingerprint density at radius 1 is 1.00 bits per heavy atom. The number of hydrogen-bond donors (Lipinski definition) is 0. The molecule has 15 heavy (non-hydrogen) atoms. The summed E-state index contributed by atoms with van der Waals surface area (Å²) in [5.41, 5.74) is 0.574. The maximum absolute atomic E-state index is 2.67. The van der Waals surface area contributed by atoms with E-state index in [9.17, 15) is 0 Å². The number of nitrogens with zero attached hydrogens (tertiary/aromatic N) is 1. The van der Waals surface area contributed by atoms with Crippen LogP contribution in [0.3, 0.4) is 0 Å². The van der Waals surface area contributed by atoms with E-state index in [1.807, 2.05) is 0 Å². The van der Waals surface area contributed by atoms with Gasteiger partial charge < -0.3 is 4.90 Å². The molecule has 0 bridgehead atoms. The Hall–Kier alpha value is -0.0400. The molecule has 90 valence electrons. The molecular formula is C14H29N.